The third kappa shape index (κ3) is 2.41. The average Bonchev–Trinajstić information content (AvgIpc) is 2.99. The fourth-order valence-corrected chi connectivity index (χ4v) is 1.61. The van der Waals surface area contributed by atoms with Crippen molar-refractivity contribution in [3.63, 3.8) is 0 Å². The molecule has 0 fully saturated rings. The maximum Gasteiger partial charge on any atom is 0.248 e. The van der Waals surface area contributed by atoms with Gasteiger partial charge in [-0.1, -0.05) is 5.16 Å². The van der Waals surface area contributed by atoms with Gasteiger partial charge in [-0.25, -0.2) is 9.97 Å². The molecule has 3 rings (SSSR count). The second-order valence-corrected chi connectivity index (χ2v) is 3.97. The smallest absolute Gasteiger partial charge is 0.248 e. The monoisotopic (exact) mass is 257 g/mol. The van der Waals surface area contributed by atoms with Crippen molar-refractivity contribution in [3.05, 3.63) is 36.4 Å². The zero-order chi connectivity index (χ0) is 13.2. The molecule has 2 N–H and O–H groups in total. The summed E-state index contributed by atoms with van der Waals surface area (Å²) >= 11 is 0. The largest absolute Gasteiger partial charge is 0.396 e. The molecular weight excluding hydrogens is 246 g/mol. The number of nitrogens with two attached hydrogens (primary N) is 1. The molecule has 0 unspecified atom stereocenters. The van der Waals surface area contributed by atoms with Gasteiger partial charge in [-0.15, -0.1) is 0 Å². The topological polar surface area (TPSA) is 109 Å². The Morgan fingerprint density at radius 2 is 2.26 bits per heavy atom. The summed E-state index contributed by atoms with van der Waals surface area (Å²) in [6.07, 6.45) is 4.91. The van der Waals surface area contributed by atoms with Crippen molar-refractivity contribution in [2.24, 2.45) is 0 Å². The van der Waals surface area contributed by atoms with Gasteiger partial charge in [-0.05, 0) is 13.0 Å². The van der Waals surface area contributed by atoms with Gasteiger partial charge in [0.1, 0.15) is 18.1 Å². The van der Waals surface area contributed by atoms with Crippen LogP contribution in [-0.4, -0.2) is 29.9 Å². The Bertz CT molecular complexity index is 702. The summed E-state index contributed by atoms with van der Waals surface area (Å²) in [5.74, 6) is 1.53. The highest BCUT2D eigenvalue weighted by Gasteiger charge is 2.10. The highest BCUT2D eigenvalue weighted by molar-refractivity contribution is 5.46. The third-order valence-electron chi connectivity index (χ3n) is 2.42. The summed E-state index contributed by atoms with van der Waals surface area (Å²) in [7, 11) is 0. The lowest BCUT2D eigenvalue weighted by molar-refractivity contribution is 0.366. The molecule has 0 bridgehead atoms. The molecule has 96 valence electrons. The molecule has 0 saturated carbocycles. The molecular formula is C11H11N7O. The van der Waals surface area contributed by atoms with Crippen molar-refractivity contribution in [1.82, 2.24) is 29.9 Å². The number of aryl methyl sites for hydroxylation is 1. The van der Waals surface area contributed by atoms with Gasteiger partial charge in [-0.2, -0.15) is 10.1 Å². The van der Waals surface area contributed by atoms with Gasteiger partial charge in [0, 0.05) is 12.4 Å². The molecule has 0 aliphatic carbocycles. The van der Waals surface area contributed by atoms with E-state index in [-0.39, 0.29) is 0 Å². The van der Waals surface area contributed by atoms with Crippen molar-refractivity contribution in [3.8, 4) is 11.5 Å². The summed E-state index contributed by atoms with van der Waals surface area (Å²) in [5, 5.41) is 7.93. The second kappa shape index (κ2) is 4.48. The molecule has 3 aromatic heterocycles. The predicted molar refractivity (Wildman–Crippen MR) is 65.8 cm³/mol. The standard InChI is InChI=1S/C11H11N7O/c1-7-13-3-2-9(15-7)11-16-10(19-17-11)6-18-5-8(12)4-14-18/h2-5H,6,12H2,1H3. The molecule has 0 radical (unpaired) electrons. The molecule has 8 nitrogen and oxygen atoms in total. The van der Waals surface area contributed by atoms with E-state index in [4.69, 9.17) is 10.3 Å². The van der Waals surface area contributed by atoms with Gasteiger partial charge in [0.2, 0.25) is 11.7 Å². The lowest BCUT2D eigenvalue weighted by atomic mass is 10.4. The second-order valence-electron chi connectivity index (χ2n) is 3.97. The normalized spacial score (nSPS) is 10.8. The van der Waals surface area contributed by atoms with Gasteiger partial charge in [-0.3, -0.25) is 4.68 Å². The molecule has 0 aliphatic heterocycles. The number of anilines is 1. The van der Waals surface area contributed by atoms with Crippen LogP contribution in [0.5, 0.6) is 0 Å². The summed E-state index contributed by atoms with van der Waals surface area (Å²) in [5.41, 5.74) is 6.79. The summed E-state index contributed by atoms with van der Waals surface area (Å²) < 4.78 is 6.77. The molecule has 3 aromatic rings. The van der Waals surface area contributed by atoms with E-state index in [1.165, 1.54) is 0 Å². The van der Waals surface area contributed by atoms with Gasteiger partial charge >= 0.3 is 0 Å². The first-order chi connectivity index (χ1) is 9.20. The number of nitrogens with zero attached hydrogens (tertiary/aromatic N) is 6. The van der Waals surface area contributed by atoms with Crippen LogP contribution in [0.4, 0.5) is 5.69 Å². The van der Waals surface area contributed by atoms with E-state index in [0.29, 0.717) is 35.5 Å². The van der Waals surface area contributed by atoms with Crippen molar-refractivity contribution >= 4 is 5.69 Å². The summed E-state index contributed by atoms with van der Waals surface area (Å²) in [6.45, 7) is 2.17. The van der Waals surface area contributed by atoms with Gasteiger partial charge in [0.05, 0.1) is 11.9 Å². The summed E-state index contributed by atoms with van der Waals surface area (Å²) in [6, 6.07) is 1.73. The van der Waals surface area contributed by atoms with Crippen LogP contribution in [-0.2, 0) is 6.54 Å². The fourth-order valence-electron chi connectivity index (χ4n) is 1.61. The predicted octanol–water partition coefficient (Wildman–Crippen LogP) is 0.662. The van der Waals surface area contributed by atoms with Gasteiger partial charge in [0.15, 0.2) is 0 Å². The highest BCUT2D eigenvalue weighted by Crippen LogP contribution is 2.13. The van der Waals surface area contributed by atoms with Crippen molar-refractivity contribution < 1.29 is 4.52 Å². The Morgan fingerprint density at radius 3 is 3.00 bits per heavy atom. The fraction of sp³-hybridized carbons (Fsp3) is 0.182. The molecule has 0 aromatic carbocycles. The van der Waals surface area contributed by atoms with Crippen LogP contribution in [0.2, 0.25) is 0 Å². The van der Waals surface area contributed by atoms with E-state index in [2.05, 4.69) is 25.2 Å². The molecule has 0 saturated heterocycles. The minimum Gasteiger partial charge on any atom is -0.396 e. The van der Waals surface area contributed by atoms with E-state index in [0.717, 1.165) is 0 Å². The Kier molecular flexibility index (Phi) is 2.67. The molecule has 8 heteroatoms. The molecule has 0 amide bonds. The van der Waals surface area contributed by atoms with E-state index in [1.54, 1.807) is 36.3 Å². The van der Waals surface area contributed by atoms with E-state index in [9.17, 15) is 0 Å². The highest BCUT2D eigenvalue weighted by atomic mass is 16.5. The van der Waals surface area contributed by atoms with E-state index in [1.807, 2.05) is 0 Å². The summed E-state index contributed by atoms with van der Waals surface area (Å²) in [4.78, 5) is 12.5. The lowest BCUT2D eigenvalue weighted by Gasteiger charge is -1.94. The number of nitrogen functional groups attached to an aromatic ring is 1. The van der Waals surface area contributed by atoms with E-state index >= 15 is 0 Å². The third-order valence-corrected chi connectivity index (χ3v) is 2.42. The minimum absolute atomic E-state index is 0.369. The molecule has 0 atom stereocenters. The molecule has 0 aliphatic rings. The van der Waals surface area contributed by atoms with E-state index < -0.39 is 0 Å². The van der Waals surface area contributed by atoms with Gasteiger partial charge < -0.3 is 10.3 Å². The van der Waals surface area contributed by atoms with Crippen molar-refractivity contribution in [2.45, 2.75) is 13.5 Å². The minimum atomic E-state index is 0.369. The zero-order valence-electron chi connectivity index (χ0n) is 10.2. The van der Waals surface area contributed by atoms with Crippen LogP contribution in [0, 0.1) is 6.92 Å². The van der Waals surface area contributed by atoms with Gasteiger partial charge in [0.25, 0.3) is 0 Å². The van der Waals surface area contributed by atoms with Crippen molar-refractivity contribution in [2.75, 3.05) is 5.73 Å². The molecule has 0 spiro atoms. The van der Waals surface area contributed by atoms with Crippen LogP contribution < -0.4 is 5.73 Å². The van der Waals surface area contributed by atoms with Crippen LogP contribution in [0.1, 0.15) is 11.7 Å². The Morgan fingerprint density at radius 1 is 1.37 bits per heavy atom. The first-order valence-corrected chi connectivity index (χ1v) is 5.61. The average molecular weight is 257 g/mol. The Hall–Kier alpha value is -2.77. The Balaban J connectivity index is 1.83. The number of aromatic nitrogens is 6. The van der Waals surface area contributed by atoms with Crippen LogP contribution in [0.15, 0.2) is 29.2 Å². The zero-order valence-corrected chi connectivity index (χ0v) is 10.2. The number of hydrogen-bond donors (Lipinski definition) is 1. The van der Waals surface area contributed by atoms with Crippen LogP contribution >= 0.6 is 0 Å². The number of rotatable bonds is 3. The number of hydrogen-bond acceptors (Lipinski definition) is 7. The van der Waals surface area contributed by atoms with Crippen LogP contribution in [0.3, 0.4) is 0 Å². The van der Waals surface area contributed by atoms with Crippen LogP contribution in [0.25, 0.3) is 11.5 Å². The quantitative estimate of drug-likeness (QED) is 0.734. The first kappa shape index (κ1) is 11.3. The first-order valence-electron chi connectivity index (χ1n) is 5.61. The molecule has 3 heterocycles. The maximum atomic E-state index is 5.58. The van der Waals surface area contributed by atoms with Crippen molar-refractivity contribution in [1.29, 1.82) is 0 Å². The Labute approximate surface area is 108 Å². The lowest BCUT2D eigenvalue weighted by Crippen LogP contribution is -2.00. The SMILES string of the molecule is Cc1nccc(-c2noc(Cn3cc(N)cn3)n2)n1. The molecule has 19 heavy (non-hydrogen) atoms. The maximum absolute atomic E-state index is 5.58.